The van der Waals surface area contributed by atoms with Crippen LogP contribution in [-0.2, 0) is 4.57 Å². The Morgan fingerprint density at radius 3 is 1.85 bits per heavy atom. The predicted molar refractivity (Wildman–Crippen MR) is 55.1 cm³/mol. The topological polar surface area (TPSA) is 23.6 Å². The Bertz CT molecular complexity index is 234. The third kappa shape index (κ3) is 1.29. The van der Waals surface area contributed by atoms with Gasteiger partial charge in [0, 0.05) is 18.7 Å². The van der Waals surface area contributed by atoms with E-state index in [1.807, 2.05) is 20.8 Å². The zero-order valence-corrected chi connectivity index (χ0v) is 9.63. The molecule has 13 heavy (non-hydrogen) atoms. The van der Waals surface area contributed by atoms with Crippen LogP contribution in [0.2, 0.25) is 0 Å². The summed E-state index contributed by atoms with van der Waals surface area (Å²) in [5.74, 6) is 0. The van der Waals surface area contributed by atoms with E-state index < -0.39 is 7.44 Å². The zero-order valence-electron chi connectivity index (χ0n) is 8.73. The minimum atomic E-state index is -2.16. The molecule has 0 unspecified atom stereocenters. The number of likely N-dealkylation sites (N-methyl/N-ethyl adjacent to an activating group) is 2. The van der Waals surface area contributed by atoms with Crippen molar-refractivity contribution < 1.29 is 4.57 Å². The van der Waals surface area contributed by atoms with E-state index in [4.69, 9.17) is 0 Å². The molecule has 1 saturated carbocycles. The molecule has 0 N–H and O–H groups in total. The van der Waals surface area contributed by atoms with E-state index in [1.54, 1.807) is 0 Å². The third-order valence-electron chi connectivity index (χ3n) is 3.82. The molecule has 3 nitrogen and oxygen atoms in total. The van der Waals surface area contributed by atoms with E-state index in [0.717, 1.165) is 0 Å². The van der Waals surface area contributed by atoms with Gasteiger partial charge in [0.05, 0.1) is 0 Å². The Morgan fingerprint density at radius 2 is 1.46 bits per heavy atom. The van der Waals surface area contributed by atoms with Gasteiger partial charge in [-0.3, -0.25) is 4.57 Å². The first-order valence-electron chi connectivity index (χ1n) is 5.09. The van der Waals surface area contributed by atoms with Crippen LogP contribution in [0.15, 0.2) is 0 Å². The SMILES string of the molecule is CN1[C@@H]2CCCC[C@H]2N(C)P1(C)=O. The lowest BCUT2D eigenvalue weighted by atomic mass is 9.91. The first kappa shape index (κ1) is 9.70. The predicted octanol–water partition coefficient (Wildman–Crippen LogP) is 2.00. The fourth-order valence-electron chi connectivity index (χ4n) is 2.74. The Kier molecular flexibility index (Phi) is 2.30. The molecule has 0 bridgehead atoms. The summed E-state index contributed by atoms with van der Waals surface area (Å²) < 4.78 is 16.5. The third-order valence-corrected chi connectivity index (χ3v) is 6.76. The van der Waals surface area contributed by atoms with Crippen LogP contribution >= 0.6 is 7.44 Å². The van der Waals surface area contributed by atoms with Crippen LogP contribution in [0.25, 0.3) is 0 Å². The molecule has 1 aliphatic carbocycles. The lowest BCUT2D eigenvalue weighted by molar-refractivity contribution is 0.233. The van der Waals surface area contributed by atoms with Gasteiger partial charge in [-0.1, -0.05) is 12.8 Å². The quantitative estimate of drug-likeness (QED) is 0.561. The molecule has 2 rings (SSSR count). The fourth-order valence-corrected chi connectivity index (χ4v) is 4.82. The van der Waals surface area contributed by atoms with Crippen molar-refractivity contribution in [3.63, 3.8) is 0 Å². The van der Waals surface area contributed by atoms with Gasteiger partial charge in [0.1, 0.15) is 0 Å². The van der Waals surface area contributed by atoms with Crippen LogP contribution in [0.1, 0.15) is 25.7 Å². The summed E-state index contributed by atoms with van der Waals surface area (Å²) in [6, 6.07) is 1.10. The Balaban J connectivity index is 2.28. The Hall–Kier alpha value is 0.150. The van der Waals surface area contributed by atoms with Crippen LogP contribution in [-0.4, -0.2) is 42.2 Å². The summed E-state index contributed by atoms with van der Waals surface area (Å²) in [6.07, 6.45) is 5.06. The molecule has 0 radical (unpaired) electrons. The van der Waals surface area contributed by atoms with Crippen LogP contribution < -0.4 is 0 Å². The highest BCUT2D eigenvalue weighted by Crippen LogP contribution is 2.58. The van der Waals surface area contributed by atoms with Crippen molar-refractivity contribution in [1.29, 1.82) is 0 Å². The van der Waals surface area contributed by atoms with Crippen molar-refractivity contribution in [2.75, 3.05) is 20.8 Å². The van der Waals surface area contributed by atoms with Crippen molar-refractivity contribution in [2.24, 2.45) is 0 Å². The average molecular weight is 202 g/mol. The molecular weight excluding hydrogens is 183 g/mol. The van der Waals surface area contributed by atoms with Crippen molar-refractivity contribution in [2.45, 2.75) is 37.8 Å². The van der Waals surface area contributed by atoms with Crippen LogP contribution in [0, 0.1) is 0 Å². The molecule has 2 atom stereocenters. The van der Waals surface area contributed by atoms with Crippen molar-refractivity contribution in [3.05, 3.63) is 0 Å². The van der Waals surface area contributed by atoms with E-state index in [9.17, 15) is 4.57 Å². The maximum Gasteiger partial charge on any atom is 0.213 e. The molecule has 4 heteroatoms. The zero-order chi connectivity index (χ0) is 9.64. The molecule has 0 aromatic rings. The second-order valence-electron chi connectivity index (χ2n) is 4.40. The van der Waals surface area contributed by atoms with E-state index in [2.05, 4.69) is 9.34 Å². The summed E-state index contributed by atoms with van der Waals surface area (Å²) in [6.45, 7) is 1.89. The molecular formula is C9H19N2OP. The second-order valence-corrected chi connectivity index (χ2v) is 7.33. The molecule has 2 aliphatic rings. The standard InChI is InChI=1S/C9H19N2OP/c1-10-8-6-4-5-7-9(8)11(2)13(10,3)12/h8-9H,4-7H2,1-3H3/t8-,9-/m1/s1. The van der Waals surface area contributed by atoms with Gasteiger partial charge < -0.3 is 0 Å². The van der Waals surface area contributed by atoms with E-state index in [1.165, 1.54) is 25.7 Å². The number of hydrogen-bond donors (Lipinski definition) is 0. The minimum absolute atomic E-state index is 0.551. The first-order chi connectivity index (χ1) is 6.05. The van der Waals surface area contributed by atoms with Gasteiger partial charge >= 0.3 is 0 Å². The van der Waals surface area contributed by atoms with Gasteiger partial charge in [-0.25, -0.2) is 9.34 Å². The summed E-state index contributed by atoms with van der Waals surface area (Å²) in [5, 5.41) is 0. The Morgan fingerprint density at radius 1 is 1.08 bits per heavy atom. The average Bonchev–Trinajstić information content (AvgIpc) is 2.30. The largest absolute Gasteiger partial charge is 0.289 e. The molecule has 0 aromatic heterocycles. The highest BCUT2D eigenvalue weighted by molar-refractivity contribution is 7.58. The van der Waals surface area contributed by atoms with Crippen LogP contribution in [0.4, 0.5) is 0 Å². The van der Waals surface area contributed by atoms with Crippen molar-refractivity contribution in [3.8, 4) is 0 Å². The minimum Gasteiger partial charge on any atom is -0.289 e. The molecule has 0 amide bonds. The van der Waals surface area contributed by atoms with Crippen molar-refractivity contribution >= 4 is 7.44 Å². The van der Waals surface area contributed by atoms with Crippen molar-refractivity contribution in [1.82, 2.24) is 9.34 Å². The van der Waals surface area contributed by atoms with Gasteiger partial charge in [0.15, 0.2) is 0 Å². The smallest absolute Gasteiger partial charge is 0.213 e. The summed E-state index contributed by atoms with van der Waals surface area (Å²) in [7, 11) is 1.88. The van der Waals surface area contributed by atoms with Gasteiger partial charge in [-0.05, 0) is 26.9 Å². The van der Waals surface area contributed by atoms with E-state index in [-0.39, 0.29) is 0 Å². The molecule has 1 saturated heterocycles. The first-order valence-corrected chi connectivity index (χ1v) is 7.15. The normalized spacial score (nSPS) is 40.5. The highest BCUT2D eigenvalue weighted by Gasteiger charge is 2.48. The molecule has 0 aromatic carbocycles. The van der Waals surface area contributed by atoms with Gasteiger partial charge in [-0.15, -0.1) is 0 Å². The summed E-state index contributed by atoms with van der Waals surface area (Å²) in [4.78, 5) is 0. The van der Waals surface area contributed by atoms with Gasteiger partial charge in [0.25, 0.3) is 0 Å². The number of fused-ring (bicyclic) bond motifs is 1. The number of hydrogen-bond acceptors (Lipinski definition) is 1. The molecule has 1 heterocycles. The van der Waals surface area contributed by atoms with Gasteiger partial charge in [0.2, 0.25) is 7.44 Å². The fraction of sp³-hybridized carbons (Fsp3) is 1.00. The second kappa shape index (κ2) is 3.08. The molecule has 76 valence electrons. The molecule has 0 spiro atoms. The maximum atomic E-state index is 12.3. The molecule has 2 fully saturated rings. The summed E-state index contributed by atoms with van der Waals surface area (Å²) >= 11 is 0. The van der Waals surface area contributed by atoms with E-state index in [0.29, 0.717) is 12.1 Å². The highest BCUT2D eigenvalue weighted by atomic mass is 31.2. The van der Waals surface area contributed by atoms with Crippen LogP contribution in [0.3, 0.4) is 0 Å². The van der Waals surface area contributed by atoms with E-state index >= 15 is 0 Å². The summed E-state index contributed by atoms with van der Waals surface area (Å²) in [5.41, 5.74) is 0. The Labute approximate surface area is 80.6 Å². The maximum absolute atomic E-state index is 12.3. The monoisotopic (exact) mass is 202 g/mol. The number of nitrogens with zero attached hydrogens (tertiary/aromatic N) is 2. The molecule has 1 aliphatic heterocycles. The number of rotatable bonds is 0. The van der Waals surface area contributed by atoms with Gasteiger partial charge in [-0.2, -0.15) is 0 Å². The van der Waals surface area contributed by atoms with Crippen LogP contribution in [0.5, 0.6) is 0 Å². The lowest BCUT2D eigenvalue weighted by Crippen LogP contribution is -2.37. The lowest BCUT2D eigenvalue weighted by Gasteiger charge is -2.28.